The van der Waals surface area contributed by atoms with E-state index < -0.39 is 11.7 Å². The van der Waals surface area contributed by atoms with E-state index in [4.69, 9.17) is 0 Å². The van der Waals surface area contributed by atoms with Crippen LogP contribution in [-0.2, 0) is 11.0 Å². The van der Waals surface area contributed by atoms with Crippen LogP contribution in [0, 0.1) is 6.92 Å². The maximum atomic E-state index is 13.2. The van der Waals surface area contributed by atoms with Crippen molar-refractivity contribution in [2.75, 3.05) is 5.32 Å². The fourth-order valence-electron chi connectivity index (χ4n) is 3.42. The topological polar surface area (TPSA) is 54.9 Å². The molecule has 33 heavy (non-hydrogen) atoms. The number of allylic oxidation sites excluding steroid dienone is 1. The molecule has 4 nitrogen and oxygen atoms in total. The zero-order chi connectivity index (χ0) is 23.6. The number of hydrogen-bond donors (Lipinski definition) is 1. The summed E-state index contributed by atoms with van der Waals surface area (Å²) in [7, 11) is 0. The number of pyridine rings is 2. The van der Waals surface area contributed by atoms with Crippen molar-refractivity contribution in [1.29, 1.82) is 0 Å². The fraction of sp³-hybridized carbons (Fsp3) is 0.115. The molecule has 166 valence electrons. The molecule has 0 aliphatic rings. The van der Waals surface area contributed by atoms with Gasteiger partial charge in [0.05, 0.1) is 16.8 Å². The average Bonchev–Trinajstić information content (AvgIpc) is 2.78. The Morgan fingerprint density at radius 3 is 2.45 bits per heavy atom. The zero-order valence-corrected chi connectivity index (χ0v) is 17.9. The molecule has 4 rings (SSSR count). The number of carbonyl (C=O) groups is 1. The first-order valence-electron chi connectivity index (χ1n) is 10.2. The van der Waals surface area contributed by atoms with E-state index in [0.717, 1.165) is 29.0 Å². The second-order valence-corrected chi connectivity index (χ2v) is 7.66. The van der Waals surface area contributed by atoms with Crippen molar-refractivity contribution in [1.82, 2.24) is 9.97 Å². The standard InChI is InChI=1S/C26H20F3N3O/c1-16-6-8-19(14-30-16)18-10-11-24-23(12-18)25(20(15-31-24)9-7-17(2)33)32-22-5-3-4-21(13-22)26(27,28)29/h3-15H,1-2H3,(H,31,32)/b9-7+. The van der Waals surface area contributed by atoms with Crippen LogP contribution < -0.4 is 5.32 Å². The highest BCUT2D eigenvalue weighted by Gasteiger charge is 2.30. The minimum absolute atomic E-state index is 0.153. The summed E-state index contributed by atoms with van der Waals surface area (Å²) in [6, 6.07) is 14.5. The predicted octanol–water partition coefficient (Wildman–Crippen LogP) is 6.97. The number of benzene rings is 2. The minimum Gasteiger partial charge on any atom is -0.354 e. The molecule has 0 saturated heterocycles. The highest BCUT2D eigenvalue weighted by molar-refractivity contribution is 6.01. The number of halogens is 3. The molecule has 0 aliphatic heterocycles. The van der Waals surface area contributed by atoms with E-state index in [-0.39, 0.29) is 11.5 Å². The van der Waals surface area contributed by atoms with Crippen LogP contribution in [-0.4, -0.2) is 15.8 Å². The first kappa shape index (κ1) is 22.2. The van der Waals surface area contributed by atoms with Crippen LogP contribution in [0.15, 0.2) is 73.1 Å². The van der Waals surface area contributed by atoms with Gasteiger partial charge in [-0.25, -0.2) is 0 Å². The molecule has 0 bridgehead atoms. The Hall–Kier alpha value is -4.00. The number of nitrogens with one attached hydrogen (secondary N) is 1. The van der Waals surface area contributed by atoms with Gasteiger partial charge in [-0.05, 0) is 68.0 Å². The van der Waals surface area contributed by atoms with Crippen molar-refractivity contribution in [2.24, 2.45) is 0 Å². The Kier molecular flexibility index (Phi) is 5.96. The molecule has 2 heterocycles. The van der Waals surface area contributed by atoms with Crippen molar-refractivity contribution in [3.05, 3.63) is 89.9 Å². The lowest BCUT2D eigenvalue weighted by Gasteiger charge is -2.15. The van der Waals surface area contributed by atoms with E-state index in [1.54, 1.807) is 24.5 Å². The van der Waals surface area contributed by atoms with Gasteiger partial charge in [0, 0.05) is 40.3 Å². The first-order valence-corrected chi connectivity index (χ1v) is 10.2. The number of hydrogen-bond acceptors (Lipinski definition) is 4. The number of aromatic nitrogens is 2. The average molecular weight is 447 g/mol. The Bertz CT molecular complexity index is 1360. The summed E-state index contributed by atoms with van der Waals surface area (Å²) in [5.74, 6) is -0.153. The zero-order valence-electron chi connectivity index (χ0n) is 17.9. The van der Waals surface area contributed by atoms with Crippen LogP contribution in [0.25, 0.3) is 28.1 Å². The molecule has 0 radical (unpaired) electrons. The SMILES string of the molecule is CC(=O)/C=C/c1cnc2ccc(-c3ccc(C)nc3)cc2c1Nc1cccc(C(F)(F)F)c1. The van der Waals surface area contributed by atoms with Crippen LogP contribution in [0.5, 0.6) is 0 Å². The maximum Gasteiger partial charge on any atom is 0.416 e. The van der Waals surface area contributed by atoms with Crippen LogP contribution >= 0.6 is 0 Å². The Balaban J connectivity index is 1.88. The van der Waals surface area contributed by atoms with Gasteiger partial charge in [0.15, 0.2) is 5.78 Å². The molecular formula is C26H20F3N3O. The number of carbonyl (C=O) groups excluding carboxylic acids is 1. The van der Waals surface area contributed by atoms with Crippen LogP contribution in [0.1, 0.15) is 23.7 Å². The lowest BCUT2D eigenvalue weighted by Crippen LogP contribution is -2.05. The largest absolute Gasteiger partial charge is 0.416 e. The second kappa shape index (κ2) is 8.86. The quantitative estimate of drug-likeness (QED) is 0.336. The number of anilines is 2. The monoisotopic (exact) mass is 447 g/mol. The van der Waals surface area contributed by atoms with Crippen LogP contribution in [0.3, 0.4) is 0 Å². The van der Waals surface area contributed by atoms with Gasteiger partial charge in [0.25, 0.3) is 0 Å². The molecular weight excluding hydrogens is 427 g/mol. The molecule has 4 aromatic rings. The number of alkyl halides is 3. The molecule has 0 aliphatic carbocycles. The molecule has 2 aromatic heterocycles. The normalized spacial score (nSPS) is 11.8. The van der Waals surface area contributed by atoms with E-state index in [0.29, 0.717) is 22.2 Å². The van der Waals surface area contributed by atoms with E-state index in [1.807, 2.05) is 37.3 Å². The van der Waals surface area contributed by atoms with Crippen molar-refractivity contribution < 1.29 is 18.0 Å². The summed E-state index contributed by atoms with van der Waals surface area (Å²) in [4.78, 5) is 20.3. The maximum absolute atomic E-state index is 13.2. The third-order valence-corrected chi connectivity index (χ3v) is 5.10. The van der Waals surface area contributed by atoms with Crippen LogP contribution in [0.2, 0.25) is 0 Å². The Labute approximate surface area is 188 Å². The van der Waals surface area contributed by atoms with E-state index in [2.05, 4.69) is 15.3 Å². The van der Waals surface area contributed by atoms with Crippen molar-refractivity contribution >= 4 is 34.1 Å². The van der Waals surface area contributed by atoms with Crippen LogP contribution in [0.4, 0.5) is 24.5 Å². The summed E-state index contributed by atoms with van der Waals surface area (Å²) in [5.41, 5.74) is 4.00. The number of fused-ring (bicyclic) bond motifs is 1. The number of aryl methyl sites for hydroxylation is 1. The summed E-state index contributed by atoms with van der Waals surface area (Å²) in [6.45, 7) is 3.33. The fourth-order valence-corrected chi connectivity index (χ4v) is 3.42. The lowest BCUT2D eigenvalue weighted by molar-refractivity contribution is -0.137. The molecule has 0 amide bonds. The van der Waals surface area contributed by atoms with Gasteiger partial charge >= 0.3 is 6.18 Å². The number of rotatable bonds is 5. The molecule has 7 heteroatoms. The molecule has 2 aromatic carbocycles. The highest BCUT2D eigenvalue weighted by Crippen LogP contribution is 2.35. The summed E-state index contributed by atoms with van der Waals surface area (Å²) in [5, 5.41) is 3.83. The van der Waals surface area contributed by atoms with E-state index >= 15 is 0 Å². The molecule has 0 atom stereocenters. The van der Waals surface area contributed by atoms with Gasteiger partial charge in [0.2, 0.25) is 0 Å². The van der Waals surface area contributed by atoms with Gasteiger partial charge in [-0.15, -0.1) is 0 Å². The highest BCUT2D eigenvalue weighted by atomic mass is 19.4. The predicted molar refractivity (Wildman–Crippen MR) is 124 cm³/mol. The molecule has 0 spiro atoms. The second-order valence-electron chi connectivity index (χ2n) is 7.66. The van der Waals surface area contributed by atoms with Crippen molar-refractivity contribution in [2.45, 2.75) is 20.0 Å². The molecule has 0 unspecified atom stereocenters. The van der Waals surface area contributed by atoms with Crippen molar-refractivity contribution in [3.8, 4) is 11.1 Å². The van der Waals surface area contributed by atoms with E-state index in [9.17, 15) is 18.0 Å². The Morgan fingerprint density at radius 2 is 1.76 bits per heavy atom. The minimum atomic E-state index is -4.46. The lowest BCUT2D eigenvalue weighted by atomic mass is 10.0. The smallest absolute Gasteiger partial charge is 0.354 e. The summed E-state index contributed by atoms with van der Waals surface area (Å²) < 4.78 is 39.7. The third-order valence-electron chi connectivity index (χ3n) is 5.10. The van der Waals surface area contributed by atoms with Gasteiger partial charge < -0.3 is 5.32 Å². The van der Waals surface area contributed by atoms with Gasteiger partial charge in [-0.1, -0.05) is 18.2 Å². The summed E-state index contributed by atoms with van der Waals surface area (Å²) >= 11 is 0. The number of nitrogens with zero attached hydrogens (tertiary/aromatic N) is 2. The Morgan fingerprint density at radius 1 is 0.970 bits per heavy atom. The van der Waals surface area contributed by atoms with Crippen molar-refractivity contribution in [3.63, 3.8) is 0 Å². The molecule has 1 N–H and O–H groups in total. The van der Waals surface area contributed by atoms with Gasteiger partial charge in [-0.3, -0.25) is 14.8 Å². The van der Waals surface area contributed by atoms with Gasteiger partial charge in [-0.2, -0.15) is 13.2 Å². The number of ketones is 1. The third kappa shape index (κ3) is 5.09. The van der Waals surface area contributed by atoms with Gasteiger partial charge in [0.1, 0.15) is 0 Å². The molecule has 0 saturated carbocycles. The summed E-state index contributed by atoms with van der Waals surface area (Å²) in [6.07, 6.45) is 1.90. The molecule has 0 fully saturated rings. The first-order chi connectivity index (χ1) is 15.7. The van der Waals surface area contributed by atoms with E-state index in [1.165, 1.54) is 19.1 Å².